The van der Waals surface area contributed by atoms with E-state index < -0.39 is 40.0 Å². The predicted octanol–water partition coefficient (Wildman–Crippen LogP) is 4.24. The van der Waals surface area contributed by atoms with Gasteiger partial charge in [0.1, 0.15) is 5.82 Å². The Morgan fingerprint density at radius 2 is 1.65 bits per heavy atom. The third-order valence-corrected chi connectivity index (χ3v) is 5.57. The Morgan fingerprint density at radius 3 is 2.19 bits per heavy atom. The molecule has 5 nitrogen and oxygen atoms in total. The van der Waals surface area contributed by atoms with Crippen LogP contribution in [-0.2, 0) is 16.4 Å². The Morgan fingerprint density at radius 1 is 1.06 bits per heavy atom. The van der Waals surface area contributed by atoms with Crippen molar-refractivity contribution in [3.05, 3.63) is 82.8 Å². The minimum atomic E-state index is -3.43. The first-order valence-electron chi connectivity index (χ1n) is 8.88. The molecule has 0 N–H and O–H groups in total. The molecule has 3 aromatic rings. The highest BCUT2D eigenvalue weighted by atomic mass is 32.2. The van der Waals surface area contributed by atoms with Crippen molar-refractivity contribution < 1.29 is 26.0 Å². The Kier molecular flexibility index (Phi) is 6.40. The van der Waals surface area contributed by atoms with Crippen molar-refractivity contribution in [3.63, 3.8) is 0 Å². The molecule has 0 radical (unpaired) electrons. The largest absolute Gasteiger partial charge is 0.289 e. The fourth-order valence-corrected chi connectivity index (χ4v) is 3.51. The van der Waals surface area contributed by atoms with Crippen LogP contribution in [0.5, 0.6) is 0 Å². The van der Waals surface area contributed by atoms with Crippen molar-refractivity contribution in [1.82, 2.24) is 9.78 Å². The summed E-state index contributed by atoms with van der Waals surface area (Å²) in [6.45, 7) is -0.531. The quantitative estimate of drug-likeness (QED) is 0.525. The molecule has 1 aromatic heterocycles. The molecule has 0 aliphatic heterocycles. The molecular formula is C21H16F4N2O3S. The summed E-state index contributed by atoms with van der Waals surface area (Å²) in [5.41, 5.74) is 0.453. The number of nitrogens with zero attached hydrogens (tertiary/aromatic N) is 2. The molecule has 162 valence electrons. The third kappa shape index (κ3) is 5.08. The van der Waals surface area contributed by atoms with E-state index in [1.165, 1.54) is 42.6 Å². The second-order valence-electron chi connectivity index (χ2n) is 6.61. The molecule has 0 fully saturated rings. The molecule has 1 heterocycles. The average Bonchev–Trinajstić information content (AvgIpc) is 2.72. The van der Waals surface area contributed by atoms with Gasteiger partial charge >= 0.3 is 0 Å². The molecule has 3 rings (SSSR count). The number of allylic oxidation sites excluding steroid dienone is 2. The van der Waals surface area contributed by atoms with Gasteiger partial charge in [-0.25, -0.2) is 30.7 Å². The van der Waals surface area contributed by atoms with Crippen molar-refractivity contribution >= 4 is 9.84 Å². The minimum Gasteiger partial charge on any atom is -0.267 e. The molecule has 2 aromatic carbocycles. The summed E-state index contributed by atoms with van der Waals surface area (Å²) in [5.74, 6) is -2.21. The molecule has 0 spiro atoms. The lowest BCUT2D eigenvalue weighted by molar-refractivity contribution is 0.158. The zero-order chi connectivity index (χ0) is 22.8. The van der Waals surface area contributed by atoms with Gasteiger partial charge in [-0.1, -0.05) is 24.3 Å². The Balaban J connectivity index is 2.17. The highest BCUT2D eigenvalue weighted by molar-refractivity contribution is 7.90. The molecule has 0 amide bonds. The molecule has 0 unspecified atom stereocenters. The van der Waals surface area contributed by atoms with Crippen molar-refractivity contribution in [2.75, 3.05) is 6.26 Å². The summed E-state index contributed by atoms with van der Waals surface area (Å²) in [7, 11) is -3.43. The SMILES string of the molecule is CS(=O)(=O)c1ccc(-c2cnn(CC=C(F)C(F)F)c(=O)c2-c2ccc(F)cc2)cc1. The molecular weight excluding hydrogens is 436 g/mol. The molecule has 0 saturated carbocycles. The number of rotatable bonds is 6. The Bertz CT molecular complexity index is 1280. The lowest BCUT2D eigenvalue weighted by Crippen LogP contribution is -2.24. The number of halogens is 4. The van der Waals surface area contributed by atoms with E-state index in [2.05, 4.69) is 5.10 Å². The second kappa shape index (κ2) is 8.84. The maximum atomic E-state index is 13.4. The number of hydrogen-bond acceptors (Lipinski definition) is 4. The van der Waals surface area contributed by atoms with E-state index in [-0.39, 0.29) is 10.5 Å². The van der Waals surface area contributed by atoms with E-state index >= 15 is 0 Å². The zero-order valence-electron chi connectivity index (χ0n) is 16.1. The van der Waals surface area contributed by atoms with Crippen LogP contribution in [0.15, 0.2) is 76.3 Å². The first-order chi connectivity index (χ1) is 14.6. The van der Waals surface area contributed by atoms with Crippen molar-refractivity contribution in [1.29, 1.82) is 0 Å². The van der Waals surface area contributed by atoms with E-state index in [1.807, 2.05) is 0 Å². The van der Waals surface area contributed by atoms with Crippen molar-refractivity contribution in [3.8, 4) is 22.3 Å². The van der Waals surface area contributed by atoms with Crippen LogP contribution in [0.1, 0.15) is 0 Å². The summed E-state index contributed by atoms with van der Waals surface area (Å²) in [6, 6.07) is 10.7. The van der Waals surface area contributed by atoms with E-state index in [0.717, 1.165) is 23.1 Å². The van der Waals surface area contributed by atoms with Crippen LogP contribution in [0.4, 0.5) is 17.6 Å². The Labute approximate surface area is 175 Å². The van der Waals surface area contributed by atoms with Crippen molar-refractivity contribution in [2.24, 2.45) is 0 Å². The normalized spacial score (nSPS) is 12.4. The van der Waals surface area contributed by atoms with Crippen LogP contribution in [0, 0.1) is 5.82 Å². The number of benzene rings is 2. The van der Waals surface area contributed by atoms with Crippen LogP contribution >= 0.6 is 0 Å². The second-order valence-corrected chi connectivity index (χ2v) is 8.63. The van der Waals surface area contributed by atoms with Crippen LogP contribution in [0.2, 0.25) is 0 Å². The fraction of sp³-hybridized carbons (Fsp3) is 0.143. The maximum Gasteiger partial charge on any atom is 0.289 e. The maximum absolute atomic E-state index is 13.4. The van der Waals surface area contributed by atoms with Gasteiger partial charge in [-0.15, -0.1) is 0 Å². The van der Waals surface area contributed by atoms with E-state index in [0.29, 0.717) is 22.8 Å². The summed E-state index contributed by atoms with van der Waals surface area (Å²) in [6.07, 6.45) is -0.418. The lowest BCUT2D eigenvalue weighted by atomic mass is 9.97. The first-order valence-corrected chi connectivity index (χ1v) is 10.8. The van der Waals surface area contributed by atoms with Crippen molar-refractivity contribution in [2.45, 2.75) is 17.9 Å². The molecule has 0 aliphatic rings. The predicted molar refractivity (Wildman–Crippen MR) is 108 cm³/mol. The summed E-state index contributed by atoms with van der Waals surface area (Å²) < 4.78 is 75.5. The molecule has 0 saturated heterocycles. The van der Waals surface area contributed by atoms with Gasteiger partial charge in [0.15, 0.2) is 15.7 Å². The topological polar surface area (TPSA) is 69.0 Å². The standard InChI is InChI=1S/C21H16F4N2O3S/c1-31(29,30)16-8-4-13(5-9-16)17-12-26-27(11-10-18(23)20(24)25)21(28)19(17)14-2-6-15(22)7-3-14/h2-10,12,20H,11H2,1H3. The zero-order valence-corrected chi connectivity index (χ0v) is 16.9. The van der Waals surface area contributed by atoms with Crippen LogP contribution in [0.25, 0.3) is 22.3 Å². The fourth-order valence-electron chi connectivity index (χ4n) is 2.88. The summed E-state index contributed by atoms with van der Waals surface area (Å²) >= 11 is 0. The van der Waals surface area contributed by atoms with Gasteiger partial charge in [0, 0.05) is 11.8 Å². The van der Waals surface area contributed by atoms with Gasteiger partial charge in [-0.05, 0) is 41.5 Å². The lowest BCUT2D eigenvalue weighted by Gasteiger charge is -2.12. The van der Waals surface area contributed by atoms with Gasteiger partial charge < -0.3 is 0 Å². The monoisotopic (exact) mass is 452 g/mol. The first kappa shape index (κ1) is 22.4. The molecule has 10 heteroatoms. The smallest absolute Gasteiger partial charge is 0.267 e. The third-order valence-electron chi connectivity index (χ3n) is 4.44. The summed E-state index contributed by atoms with van der Waals surface area (Å²) in [5, 5.41) is 3.92. The van der Waals surface area contributed by atoms with Crippen LogP contribution in [-0.4, -0.2) is 30.9 Å². The molecule has 0 bridgehead atoms. The van der Waals surface area contributed by atoms with E-state index in [9.17, 15) is 30.8 Å². The molecule has 0 atom stereocenters. The van der Waals surface area contributed by atoms with Crippen LogP contribution < -0.4 is 5.56 Å². The van der Waals surface area contributed by atoms with Gasteiger partial charge in [0.2, 0.25) is 0 Å². The minimum absolute atomic E-state index is 0.0768. The highest BCUT2D eigenvalue weighted by Gasteiger charge is 2.17. The number of aromatic nitrogens is 2. The van der Waals surface area contributed by atoms with Gasteiger partial charge in [-0.3, -0.25) is 4.79 Å². The number of hydrogen-bond donors (Lipinski definition) is 0. The molecule has 0 aliphatic carbocycles. The van der Waals surface area contributed by atoms with Gasteiger partial charge in [0.05, 0.1) is 23.2 Å². The van der Waals surface area contributed by atoms with Gasteiger partial charge in [-0.2, -0.15) is 5.10 Å². The van der Waals surface area contributed by atoms with E-state index in [4.69, 9.17) is 0 Å². The Hall–Kier alpha value is -3.27. The highest BCUT2D eigenvalue weighted by Crippen LogP contribution is 2.29. The van der Waals surface area contributed by atoms with E-state index in [1.54, 1.807) is 0 Å². The number of sulfone groups is 1. The average molecular weight is 452 g/mol. The van der Waals surface area contributed by atoms with Crippen LogP contribution in [0.3, 0.4) is 0 Å². The molecule has 31 heavy (non-hydrogen) atoms. The summed E-state index contributed by atoms with van der Waals surface area (Å²) in [4.78, 5) is 13.1. The van der Waals surface area contributed by atoms with Gasteiger partial charge in [0.25, 0.3) is 12.0 Å². The number of alkyl halides is 2.